The number of carbonyl (C=O) groups is 2. The van der Waals surface area contributed by atoms with Crippen LogP contribution in [0.3, 0.4) is 0 Å². The van der Waals surface area contributed by atoms with E-state index in [9.17, 15) is 9.59 Å². The number of carboxylic acids is 1. The fourth-order valence-corrected chi connectivity index (χ4v) is 3.31. The van der Waals surface area contributed by atoms with E-state index in [0.29, 0.717) is 16.4 Å². The second-order valence-electron chi connectivity index (χ2n) is 4.65. The van der Waals surface area contributed by atoms with Gasteiger partial charge in [-0.15, -0.1) is 11.3 Å². The first-order chi connectivity index (χ1) is 9.49. The molecule has 0 bridgehead atoms. The van der Waals surface area contributed by atoms with Gasteiger partial charge in [0.25, 0.3) is 5.91 Å². The highest BCUT2D eigenvalue weighted by Crippen LogP contribution is 2.34. The molecule has 0 aliphatic carbocycles. The standard InChI is InChI=1S/C14H14ClNO3S/c1-8(6-11(17)18)7-16-14(19)13-12(15)9-4-2-3-5-10(9)20-13/h2-5,8H,6-7H2,1H3,(H,16,19)(H,17,18). The second-order valence-corrected chi connectivity index (χ2v) is 6.08. The summed E-state index contributed by atoms with van der Waals surface area (Å²) in [6, 6.07) is 7.55. The molecule has 0 aliphatic rings. The van der Waals surface area contributed by atoms with Gasteiger partial charge in [0.1, 0.15) is 4.88 Å². The summed E-state index contributed by atoms with van der Waals surface area (Å²) >= 11 is 7.54. The minimum atomic E-state index is -0.869. The molecule has 2 N–H and O–H groups in total. The van der Waals surface area contributed by atoms with Gasteiger partial charge in [-0.1, -0.05) is 36.7 Å². The number of hydrogen-bond donors (Lipinski definition) is 2. The van der Waals surface area contributed by atoms with E-state index in [1.165, 1.54) is 11.3 Å². The number of benzene rings is 1. The van der Waals surface area contributed by atoms with Crippen LogP contribution in [0.4, 0.5) is 0 Å². The lowest BCUT2D eigenvalue weighted by molar-refractivity contribution is -0.137. The molecular weight excluding hydrogens is 298 g/mol. The van der Waals surface area contributed by atoms with Crippen LogP contribution in [0.5, 0.6) is 0 Å². The number of amides is 1. The third kappa shape index (κ3) is 3.29. The number of halogens is 1. The Kier molecular flexibility index (Phi) is 4.62. The predicted molar refractivity (Wildman–Crippen MR) is 80.6 cm³/mol. The SMILES string of the molecule is CC(CNC(=O)c1sc2ccccc2c1Cl)CC(=O)O. The highest BCUT2D eigenvalue weighted by Gasteiger charge is 2.17. The van der Waals surface area contributed by atoms with Gasteiger partial charge in [0.05, 0.1) is 5.02 Å². The maximum absolute atomic E-state index is 12.1. The van der Waals surface area contributed by atoms with E-state index in [-0.39, 0.29) is 18.2 Å². The van der Waals surface area contributed by atoms with Crippen LogP contribution in [0.1, 0.15) is 23.0 Å². The van der Waals surface area contributed by atoms with E-state index in [1.807, 2.05) is 24.3 Å². The highest BCUT2D eigenvalue weighted by molar-refractivity contribution is 7.21. The molecule has 2 aromatic rings. The smallest absolute Gasteiger partial charge is 0.303 e. The van der Waals surface area contributed by atoms with Crippen LogP contribution < -0.4 is 5.32 Å². The maximum atomic E-state index is 12.1. The summed E-state index contributed by atoms with van der Waals surface area (Å²) < 4.78 is 0.959. The molecule has 4 nitrogen and oxygen atoms in total. The molecule has 1 aromatic carbocycles. The number of fused-ring (bicyclic) bond motifs is 1. The average molecular weight is 312 g/mol. The summed E-state index contributed by atoms with van der Waals surface area (Å²) in [4.78, 5) is 23.1. The molecule has 0 spiro atoms. The van der Waals surface area contributed by atoms with Crippen molar-refractivity contribution in [1.82, 2.24) is 5.32 Å². The third-order valence-electron chi connectivity index (χ3n) is 2.88. The van der Waals surface area contributed by atoms with Gasteiger partial charge in [0.15, 0.2) is 0 Å². The van der Waals surface area contributed by atoms with Gasteiger partial charge < -0.3 is 10.4 Å². The van der Waals surface area contributed by atoms with Crippen LogP contribution >= 0.6 is 22.9 Å². The first-order valence-corrected chi connectivity index (χ1v) is 7.35. The number of carbonyl (C=O) groups excluding carboxylic acids is 1. The zero-order chi connectivity index (χ0) is 14.7. The number of carboxylic acid groups (broad SMARTS) is 1. The summed E-state index contributed by atoms with van der Waals surface area (Å²) in [6.07, 6.45) is 0.0282. The minimum absolute atomic E-state index is 0.0282. The lowest BCUT2D eigenvalue weighted by Gasteiger charge is -2.09. The van der Waals surface area contributed by atoms with Gasteiger partial charge >= 0.3 is 5.97 Å². The first-order valence-electron chi connectivity index (χ1n) is 6.16. The molecule has 1 aromatic heterocycles. The van der Waals surface area contributed by atoms with E-state index < -0.39 is 5.97 Å². The van der Waals surface area contributed by atoms with E-state index in [1.54, 1.807) is 6.92 Å². The third-order valence-corrected chi connectivity index (χ3v) is 4.55. The monoisotopic (exact) mass is 311 g/mol. The Labute approximate surface area is 125 Å². The van der Waals surface area contributed by atoms with Gasteiger partial charge in [0, 0.05) is 23.1 Å². The summed E-state index contributed by atoms with van der Waals surface area (Å²) in [5, 5.41) is 12.7. The van der Waals surface area contributed by atoms with Crippen molar-refractivity contribution in [2.75, 3.05) is 6.54 Å². The lowest BCUT2D eigenvalue weighted by atomic mass is 10.1. The number of hydrogen-bond acceptors (Lipinski definition) is 3. The molecule has 1 amide bonds. The molecule has 106 valence electrons. The molecule has 0 aliphatic heterocycles. The number of rotatable bonds is 5. The molecule has 1 atom stereocenters. The Morgan fingerprint density at radius 1 is 1.40 bits per heavy atom. The summed E-state index contributed by atoms with van der Waals surface area (Å²) in [5.41, 5.74) is 0. The fourth-order valence-electron chi connectivity index (χ4n) is 1.88. The minimum Gasteiger partial charge on any atom is -0.481 e. The molecule has 20 heavy (non-hydrogen) atoms. The molecule has 0 radical (unpaired) electrons. The topological polar surface area (TPSA) is 66.4 Å². The lowest BCUT2D eigenvalue weighted by Crippen LogP contribution is -2.28. The van der Waals surface area contributed by atoms with Crippen molar-refractivity contribution in [3.05, 3.63) is 34.2 Å². The molecule has 0 fully saturated rings. The van der Waals surface area contributed by atoms with Crippen molar-refractivity contribution in [1.29, 1.82) is 0 Å². The van der Waals surface area contributed by atoms with Crippen molar-refractivity contribution < 1.29 is 14.7 Å². The summed E-state index contributed by atoms with van der Waals surface area (Å²) in [7, 11) is 0. The average Bonchev–Trinajstić information content (AvgIpc) is 2.73. The van der Waals surface area contributed by atoms with Crippen molar-refractivity contribution in [2.24, 2.45) is 5.92 Å². The van der Waals surface area contributed by atoms with Gasteiger partial charge in [-0.2, -0.15) is 0 Å². The van der Waals surface area contributed by atoms with Crippen LogP contribution in [0.15, 0.2) is 24.3 Å². The Balaban J connectivity index is 2.08. The van der Waals surface area contributed by atoms with Crippen LogP contribution in [-0.4, -0.2) is 23.5 Å². The van der Waals surface area contributed by atoms with Crippen LogP contribution in [0.25, 0.3) is 10.1 Å². The largest absolute Gasteiger partial charge is 0.481 e. The molecule has 1 unspecified atom stereocenters. The van der Waals surface area contributed by atoms with Gasteiger partial charge in [-0.05, 0) is 12.0 Å². The van der Waals surface area contributed by atoms with Crippen LogP contribution in [0, 0.1) is 5.92 Å². The first kappa shape index (κ1) is 14.8. The van der Waals surface area contributed by atoms with Gasteiger partial charge in [0.2, 0.25) is 0 Å². The highest BCUT2D eigenvalue weighted by atomic mass is 35.5. The Bertz CT molecular complexity index is 653. The van der Waals surface area contributed by atoms with E-state index in [2.05, 4.69) is 5.32 Å². The molecule has 6 heteroatoms. The number of aliphatic carboxylic acids is 1. The zero-order valence-corrected chi connectivity index (χ0v) is 12.4. The van der Waals surface area contributed by atoms with E-state index in [4.69, 9.17) is 16.7 Å². The number of nitrogens with one attached hydrogen (secondary N) is 1. The maximum Gasteiger partial charge on any atom is 0.303 e. The molecule has 0 saturated carbocycles. The van der Waals surface area contributed by atoms with Crippen molar-refractivity contribution in [3.8, 4) is 0 Å². The Hall–Kier alpha value is -1.59. The van der Waals surface area contributed by atoms with E-state index >= 15 is 0 Å². The zero-order valence-electron chi connectivity index (χ0n) is 10.9. The van der Waals surface area contributed by atoms with Gasteiger partial charge in [-0.25, -0.2) is 0 Å². The number of thiophene rings is 1. The van der Waals surface area contributed by atoms with Crippen LogP contribution in [0.2, 0.25) is 5.02 Å². The molecule has 1 heterocycles. The quantitative estimate of drug-likeness (QED) is 0.889. The Morgan fingerprint density at radius 2 is 2.10 bits per heavy atom. The second kappa shape index (κ2) is 6.24. The molecular formula is C14H14ClNO3S. The van der Waals surface area contributed by atoms with Crippen molar-refractivity contribution in [2.45, 2.75) is 13.3 Å². The summed E-state index contributed by atoms with van der Waals surface area (Å²) in [5.74, 6) is -1.25. The van der Waals surface area contributed by atoms with Gasteiger partial charge in [-0.3, -0.25) is 9.59 Å². The normalized spacial score (nSPS) is 12.3. The molecule has 2 rings (SSSR count). The van der Waals surface area contributed by atoms with Crippen molar-refractivity contribution >= 4 is 44.9 Å². The van der Waals surface area contributed by atoms with Crippen LogP contribution in [-0.2, 0) is 4.79 Å². The fraction of sp³-hybridized carbons (Fsp3) is 0.286. The van der Waals surface area contributed by atoms with Crippen molar-refractivity contribution in [3.63, 3.8) is 0 Å². The predicted octanol–water partition coefficient (Wildman–Crippen LogP) is 3.40. The summed E-state index contributed by atoms with van der Waals surface area (Å²) in [6.45, 7) is 2.09. The van der Waals surface area contributed by atoms with E-state index in [0.717, 1.165) is 10.1 Å². The molecule has 0 saturated heterocycles. The Morgan fingerprint density at radius 3 is 2.75 bits per heavy atom.